The van der Waals surface area contributed by atoms with E-state index in [0.29, 0.717) is 0 Å². The Morgan fingerprint density at radius 2 is 2.07 bits per heavy atom. The molecule has 4 atom stereocenters. The van der Waals surface area contributed by atoms with Crippen LogP contribution in [0.4, 0.5) is 0 Å². The first-order valence-electron chi connectivity index (χ1n) is 4.78. The number of rotatable bonds is 4. The lowest BCUT2D eigenvalue weighted by atomic mass is 9.95. The van der Waals surface area contributed by atoms with Gasteiger partial charge in [-0.1, -0.05) is 0 Å². The van der Waals surface area contributed by atoms with Crippen molar-refractivity contribution < 1.29 is 29.5 Å². The highest BCUT2D eigenvalue weighted by atomic mass is 16.7. The molecule has 0 aliphatic carbocycles. The number of aliphatic hydroxyl groups is 3. The zero-order chi connectivity index (χ0) is 11.5. The van der Waals surface area contributed by atoms with Crippen molar-refractivity contribution in [3.05, 3.63) is 0 Å². The van der Waals surface area contributed by atoms with Crippen LogP contribution in [0.1, 0.15) is 6.42 Å². The van der Waals surface area contributed by atoms with Crippen molar-refractivity contribution in [3.8, 4) is 0 Å². The van der Waals surface area contributed by atoms with Gasteiger partial charge in [-0.15, -0.1) is 0 Å². The Morgan fingerprint density at radius 3 is 2.53 bits per heavy atom. The summed E-state index contributed by atoms with van der Waals surface area (Å²) in [5.74, 6) is -1.55. The van der Waals surface area contributed by atoms with Crippen LogP contribution in [-0.4, -0.2) is 66.9 Å². The minimum absolute atomic E-state index is 0.250. The predicted octanol–water partition coefficient (Wildman–Crippen LogP) is -1.52. The number of ether oxygens (including phenoxy) is 3. The number of hydrogen-bond acceptors (Lipinski definition) is 6. The molecule has 6 nitrogen and oxygen atoms in total. The van der Waals surface area contributed by atoms with Crippen LogP contribution < -0.4 is 0 Å². The molecule has 90 valence electrons. The van der Waals surface area contributed by atoms with Gasteiger partial charge < -0.3 is 29.5 Å². The van der Waals surface area contributed by atoms with Crippen molar-refractivity contribution >= 4 is 0 Å². The van der Waals surface area contributed by atoms with Crippen LogP contribution in [0.15, 0.2) is 0 Å². The van der Waals surface area contributed by atoms with Gasteiger partial charge in [0.2, 0.25) is 5.79 Å². The summed E-state index contributed by atoms with van der Waals surface area (Å²) in [6.45, 7) is -0.253. The second kappa shape index (κ2) is 5.20. The molecule has 0 amide bonds. The Hall–Kier alpha value is -0.240. The van der Waals surface area contributed by atoms with E-state index in [-0.39, 0.29) is 13.0 Å². The zero-order valence-corrected chi connectivity index (χ0v) is 8.92. The third-order valence-electron chi connectivity index (χ3n) is 2.60. The summed E-state index contributed by atoms with van der Waals surface area (Å²) < 4.78 is 15.2. The summed E-state index contributed by atoms with van der Waals surface area (Å²) >= 11 is 0. The average molecular weight is 222 g/mol. The van der Waals surface area contributed by atoms with Crippen molar-refractivity contribution in [3.63, 3.8) is 0 Å². The van der Waals surface area contributed by atoms with Crippen molar-refractivity contribution in [2.45, 2.75) is 30.5 Å². The topological polar surface area (TPSA) is 88.4 Å². The van der Waals surface area contributed by atoms with Gasteiger partial charge >= 0.3 is 0 Å². The van der Waals surface area contributed by atoms with Crippen LogP contribution in [-0.2, 0) is 14.2 Å². The highest BCUT2D eigenvalue weighted by Crippen LogP contribution is 2.30. The van der Waals surface area contributed by atoms with Crippen LogP contribution in [0.25, 0.3) is 0 Å². The quantitative estimate of drug-likeness (QED) is 0.535. The van der Waals surface area contributed by atoms with Gasteiger partial charge in [0.1, 0.15) is 12.7 Å². The summed E-state index contributed by atoms with van der Waals surface area (Å²) in [5, 5.41) is 28.4. The van der Waals surface area contributed by atoms with Gasteiger partial charge in [0.15, 0.2) is 0 Å². The van der Waals surface area contributed by atoms with E-state index >= 15 is 0 Å². The second-order valence-electron chi connectivity index (χ2n) is 3.62. The molecule has 0 spiro atoms. The van der Waals surface area contributed by atoms with Gasteiger partial charge in [-0.05, 0) is 0 Å². The Kier molecular flexibility index (Phi) is 4.45. The first-order chi connectivity index (χ1) is 7.09. The standard InChI is InChI=1S/C9H18O6/c1-13-4-6-3-7(11)8(12)9(5-10,14-2)15-6/h6-8,10-12H,3-5H2,1-2H3/t6-,7-,8-,9-/m0/s1. The molecule has 6 heteroatoms. The van der Waals surface area contributed by atoms with E-state index in [1.54, 1.807) is 0 Å². The van der Waals surface area contributed by atoms with E-state index in [9.17, 15) is 10.2 Å². The van der Waals surface area contributed by atoms with E-state index in [1.807, 2.05) is 0 Å². The molecule has 1 saturated heterocycles. The lowest BCUT2D eigenvalue weighted by Crippen LogP contribution is -2.61. The maximum absolute atomic E-state index is 9.67. The van der Waals surface area contributed by atoms with Crippen LogP contribution in [0, 0.1) is 0 Å². The molecule has 1 aliphatic rings. The Balaban J connectivity index is 2.75. The lowest BCUT2D eigenvalue weighted by molar-refractivity contribution is -0.345. The molecule has 1 rings (SSSR count). The minimum Gasteiger partial charge on any atom is -0.391 e. The number of aliphatic hydroxyl groups excluding tert-OH is 3. The molecule has 0 saturated carbocycles. The normalized spacial score (nSPS) is 41.8. The monoisotopic (exact) mass is 222 g/mol. The van der Waals surface area contributed by atoms with Crippen LogP contribution >= 0.6 is 0 Å². The van der Waals surface area contributed by atoms with Gasteiger partial charge in [0, 0.05) is 20.6 Å². The first-order valence-corrected chi connectivity index (χ1v) is 4.78. The maximum Gasteiger partial charge on any atom is 0.221 e. The summed E-state index contributed by atoms with van der Waals surface area (Å²) in [6, 6.07) is 0. The molecule has 0 aromatic rings. The summed E-state index contributed by atoms with van der Waals surface area (Å²) in [5.41, 5.74) is 0. The van der Waals surface area contributed by atoms with Gasteiger partial charge in [-0.2, -0.15) is 0 Å². The molecule has 1 aliphatic heterocycles. The van der Waals surface area contributed by atoms with Crippen molar-refractivity contribution in [2.75, 3.05) is 27.4 Å². The summed E-state index contributed by atoms with van der Waals surface area (Å²) in [7, 11) is 2.82. The largest absolute Gasteiger partial charge is 0.391 e. The Labute approximate surface area is 88.4 Å². The molecule has 0 aromatic carbocycles. The first kappa shape index (κ1) is 12.8. The Morgan fingerprint density at radius 1 is 1.40 bits per heavy atom. The molecule has 0 bridgehead atoms. The highest BCUT2D eigenvalue weighted by Gasteiger charge is 2.49. The number of hydrogen-bond donors (Lipinski definition) is 3. The van der Waals surface area contributed by atoms with Gasteiger partial charge in [-0.25, -0.2) is 0 Å². The Bertz CT molecular complexity index is 193. The zero-order valence-electron chi connectivity index (χ0n) is 8.92. The van der Waals surface area contributed by atoms with Crippen LogP contribution in [0.2, 0.25) is 0 Å². The van der Waals surface area contributed by atoms with Gasteiger partial charge in [0.25, 0.3) is 0 Å². The second-order valence-corrected chi connectivity index (χ2v) is 3.62. The van der Waals surface area contributed by atoms with Crippen molar-refractivity contribution in [1.82, 2.24) is 0 Å². The molecule has 0 unspecified atom stereocenters. The van der Waals surface area contributed by atoms with Gasteiger partial charge in [0.05, 0.1) is 18.8 Å². The van der Waals surface area contributed by atoms with E-state index in [0.717, 1.165) is 0 Å². The van der Waals surface area contributed by atoms with Crippen LogP contribution in [0.3, 0.4) is 0 Å². The fourth-order valence-electron chi connectivity index (χ4n) is 1.74. The maximum atomic E-state index is 9.67. The van der Waals surface area contributed by atoms with Crippen molar-refractivity contribution in [1.29, 1.82) is 0 Å². The van der Waals surface area contributed by atoms with E-state index in [1.165, 1.54) is 14.2 Å². The fraction of sp³-hybridized carbons (Fsp3) is 1.00. The van der Waals surface area contributed by atoms with E-state index < -0.39 is 30.7 Å². The molecular weight excluding hydrogens is 204 g/mol. The third kappa shape index (κ3) is 2.47. The number of methoxy groups -OCH3 is 2. The van der Waals surface area contributed by atoms with Crippen molar-refractivity contribution in [2.24, 2.45) is 0 Å². The lowest BCUT2D eigenvalue weighted by Gasteiger charge is -2.44. The smallest absolute Gasteiger partial charge is 0.221 e. The molecular formula is C9H18O6. The fourth-order valence-corrected chi connectivity index (χ4v) is 1.74. The van der Waals surface area contributed by atoms with Crippen LogP contribution in [0.5, 0.6) is 0 Å². The molecule has 1 heterocycles. The molecule has 15 heavy (non-hydrogen) atoms. The van der Waals surface area contributed by atoms with E-state index in [4.69, 9.17) is 19.3 Å². The molecule has 1 fully saturated rings. The highest BCUT2D eigenvalue weighted by molar-refractivity contribution is 4.91. The minimum atomic E-state index is -1.55. The predicted molar refractivity (Wildman–Crippen MR) is 50.2 cm³/mol. The van der Waals surface area contributed by atoms with Gasteiger partial charge in [-0.3, -0.25) is 0 Å². The molecule has 0 aromatic heterocycles. The van der Waals surface area contributed by atoms with E-state index in [2.05, 4.69) is 0 Å². The summed E-state index contributed by atoms with van der Waals surface area (Å²) in [4.78, 5) is 0. The SMILES string of the molecule is COC[C@@H]1C[C@H](O)[C@H](O)[C@@](CO)(OC)O1. The third-order valence-corrected chi connectivity index (χ3v) is 2.60. The summed E-state index contributed by atoms with van der Waals surface area (Å²) in [6.07, 6.45) is -2.41. The molecule has 3 N–H and O–H groups in total. The molecule has 0 radical (unpaired) electrons. The average Bonchev–Trinajstić information content (AvgIpc) is 2.24.